The first kappa shape index (κ1) is 33.3. The Balaban J connectivity index is 1.59. The molecule has 1 aromatic rings. The first-order chi connectivity index (χ1) is 19.3. The fourth-order valence-corrected chi connectivity index (χ4v) is 5.70. The molecule has 12 heteroatoms. The highest BCUT2D eigenvalue weighted by atomic mass is 79.9. The summed E-state index contributed by atoms with van der Waals surface area (Å²) in [6.45, 7) is 7.60. The summed E-state index contributed by atoms with van der Waals surface area (Å²) in [5, 5.41) is 20.9. The highest BCUT2D eigenvalue weighted by Gasteiger charge is 2.55. The number of rotatable bonds is 14. The number of aliphatic hydroxyl groups excluding tert-OH is 1. The Morgan fingerprint density at radius 3 is 2.49 bits per heavy atom. The predicted octanol–water partition coefficient (Wildman–Crippen LogP) is 3.09. The van der Waals surface area contributed by atoms with Gasteiger partial charge in [0, 0.05) is 20.1 Å². The zero-order valence-corrected chi connectivity index (χ0v) is 25.7. The van der Waals surface area contributed by atoms with E-state index in [1.807, 2.05) is 44.2 Å². The van der Waals surface area contributed by atoms with Crippen molar-refractivity contribution in [3.05, 3.63) is 46.5 Å². The van der Waals surface area contributed by atoms with Crippen molar-refractivity contribution >= 4 is 33.7 Å². The van der Waals surface area contributed by atoms with Gasteiger partial charge in [0.2, 0.25) is 0 Å². The van der Waals surface area contributed by atoms with Crippen molar-refractivity contribution in [3.63, 3.8) is 0 Å². The van der Waals surface area contributed by atoms with Gasteiger partial charge in [0.05, 0.1) is 30.3 Å². The number of cyclic esters (lactones) is 1. The third kappa shape index (κ3) is 8.01. The standard InChI is InChI=1S/C29H40BrNO10/c1-18(2)25-28(3,4)41-27(35)31(25)26(34)24(37-5)23-21(33)14-22(30)29(36,40-23)12-9-13-38-17-20(15-32)39-16-19-10-7-6-8-11-19/h6-8,10-11,14,18,20,23-25,32,36H,9,12-13,15-17H2,1-5H3. The van der Waals surface area contributed by atoms with Crippen molar-refractivity contribution in [1.29, 1.82) is 0 Å². The second-order valence-corrected chi connectivity index (χ2v) is 11.9. The topological polar surface area (TPSA) is 141 Å². The van der Waals surface area contributed by atoms with Gasteiger partial charge in [0.1, 0.15) is 11.7 Å². The number of carbonyl (C=O) groups is 3. The molecule has 0 spiro atoms. The number of hydrogen-bond donors (Lipinski definition) is 2. The number of methoxy groups -OCH3 is 1. The number of ketones is 1. The van der Waals surface area contributed by atoms with Crippen LogP contribution in [0.5, 0.6) is 0 Å². The van der Waals surface area contributed by atoms with Crippen LogP contribution >= 0.6 is 15.9 Å². The summed E-state index contributed by atoms with van der Waals surface area (Å²) in [6.07, 6.45) is -2.89. The van der Waals surface area contributed by atoms with E-state index in [4.69, 9.17) is 23.7 Å². The number of amides is 2. The molecular weight excluding hydrogens is 602 g/mol. The van der Waals surface area contributed by atoms with Crippen LogP contribution in [0, 0.1) is 5.92 Å². The van der Waals surface area contributed by atoms with Crippen LogP contribution in [0.1, 0.15) is 46.1 Å². The van der Waals surface area contributed by atoms with E-state index in [0.29, 0.717) is 13.0 Å². The Labute approximate surface area is 248 Å². The van der Waals surface area contributed by atoms with Crippen molar-refractivity contribution in [2.45, 2.75) is 82.9 Å². The maximum Gasteiger partial charge on any atom is 0.417 e. The van der Waals surface area contributed by atoms with E-state index < -0.39 is 53.5 Å². The molecule has 0 radical (unpaired) electrons. The zero-order chi connectivity index (χ0) is 30.4. The Morgan fingerprint density at radius 1 is 1.20 bits per heavy atom. The van der Waals surface area contributed by atoms with Crippen LogP contribution in [0.25, 0.3) is 0 Å². The molecular formula is C29H40BrNO10. The van der Waals surface area contributed by atoms with Crippen LogP contribution in [0.3, 0.4) is 0 Å². The lowest BCUT2D eigenvalue weighted by atomic mass is 9.88. The van der Waals surface area contributed by atoms with Gasteiger partial charge in [-0.15, -0.1) is 0 Å². The molecule has 0 saturated carbocycles. The van der Waals surface area contributed by atoms with Gasteiger partial charge < -0.3 is 33.9 Å². The lowest BCUT2D eigenvalue weighted by Crippen LogP contribution is -2.58. The lowest BCUT2D eigenvalue weighted by Gasteiger charge is -2.38. The predicted molar refractivity (Wildman–Crippen MR) is 151 cm³/mol. The minimum atomic E-state index is -1.94. The normalized spacial score (nSPS) is 25.7. The minimum absolute atomic E-state index is 0.0144. The first-order valence-electron chi connectivity index (χ1n) is 13.6. The van der Waals surface area contributed by atoms with E-state index in [1.54, 1.807) is 13.8 Å². The molecule has 2 heterocycles. The van der Waals surface area contributed by atoms with Crippen LogP contribution in [-0.4, -0.2) is 95.6 Å². The zero-order valence-electron chi connectivity index (χ0n) is 24.1. The molecule has 5 atom stereocenters. The van der Waals surface area contributed by atoms with Crippen LogP contribution in [0.15, 0.2) is 40.9 Å². The third-order valence-corrected chi connectivity index (χ3v) is 7.91. The molecule has 41 heavy (non-hydrogen) atoms. The van der Waals surface area contributed by atoms with Crippen molar-refractivity contribution in [2.75, 3.05) is 26.9 Å². The van der Waals surface area contributed by atoms with Gasteiger partial charge in [-0.3, -0.25) is 9.59 Å². The molecule has 2 aliphatic rings. The molecule has 0 bridgehead atoms. The van der Waals surface area contributed by atoms with Crippen molar-refractivity contribution in [1.82, 2.24) is 4.90 Å². The quantitative estimate of drug-likeness (QED) is 0.291. The number of benzene rings is 1. The van der Waals surface area contributed by atoms with E-state index in [2.05, 4.69) is 15.9 Å². The van der Waals surface area contributed by atoms with Crippen molar-refractivity contribution in [3.8, 4) is 0 Å². The van der Waals surface area contributed by atoms with Gasteiger partial charge in [-0.2, -0.15) is 0 Å². The number of aliphatic hydroxyl groups is 2. The van der Waals surface area contributed by atoms with Crippen LogP contribution < -0.4 is 0 Å². The summed E-state index contributed by atoms with van der Waals surface area (Å²) < 4.78 is 28.1. The fraction of sp³-hybridized carbons (Fsp3) is 0.621. The van der Waals surface area contributed by atoms with E-state index in [9.17, 15) is 24.6 Å². The van der Waals surface area contributed by atoms with Gasteiger partial charge in [0.15, 0.2) is 23.8 Å². The highest BCUT2D eigenvalue weighted by Crippen LogP contribution is 2.38. The summed E-state index contributed by atoms with van der Waals surface area (Å²) in [5.74, 6) is -3.47. The van der Waals surface area contributed by atoms with E-state index in [0.717, 1.165) is 16.5 Å². The van der Waals surface area contributed by atoms with E-state index in [1.165, 1.54) is 7.11 Å². The molecule has 1 saturated heterocycles. The largest absolute Gasteiger partial charge is 0.441 e. The SMILES string of the molecule is COC(C(=O)N1C(=O)OC(C)(C)C1C(C)C)C1OC(O)(CCCOCC(CO)OCc2ccccc2)C(Br)=CC1=O. The summed E-state index contributed by atoms with van der Waals surface area (Å²) in [4.78, 5) is 40.1. The lowest BCUT2D eigenvalue weighted by molar-refractivity contribution is -0.227. The van der Waals surface area contributed by atoms with Gasteiger partial charge in [-0.05, 0) is 53.8 Å². The van der Waals surface area contributed by atoms with Crippen molar-refractivity contribution in [2.24, 2.45) is 5.92 Å². The third-order valence-electron chi connectivity index (χ3n) is 7.06. The number of carbonyl (C=O) groups excluding carboxylic acids is 3. The maximum absolute atomic E-state index is 13.6. The molecule has 2 N–H and O–H groups in total. The summed E-state index contributed by atoms with van der Waals surface area (Å²) in [5.41, 5.74) is 0.0309. The molecule has 1 fully saturated rings. The second kappa shape index (κ2) is 14.3. The average Bonchev–Trinajstić information content (AvgIpc) is 3.17. The second-order valence-electron chi connectivity index (χ2n) is 11.0. The van der Waals surface area contributed by atoms with Crippen molar-refractivity contribution < 1.29 is 48.3 Å². The van der Waals surface area contributed by atoms with Crippen LogP contribution in [0.4, 0.5) is 4.79 Å². The van der Waals surface area contributed by atoms with Crippen LogP contribution in [0.2, 0.25) is 0 Å². The monoisotopic (exact) mass is 641 g/mol. The summed E-state index contributed by atoms with van der Waals surface area (Å²) in [7, 11) is 1.23. The Hall–Kier alpha value is -2.19. The number of imide groups is 1. The average molecular weight is 643 g/mol. The van der Waals surface area contributed by atoms with E-state index in [-0.39, 0.29) is 36.6 Å². The fourth-order valence-electron chi connectivity index (χ4n) is 5.18. The number of nitrogens with zero attached hydrogens (tertiary/aromatic N) is 1. The molecule has 228 valence electrons. The molecule has 0 aromatic heterocycles. The van der Waals surface area contributed by atoms with E-state index >= 15 is 0 Å². The Morgan fingerprint density at radius 2 is 1.88 bits per heavy atom. The molecule has 2 amide bonds. The number of halogens is 1. The first-order valence-corrected chi connectivity index (χ1v) is 14.4. The van der Waals surface area contributed by atoms with Gasteiger partial charge >= 0.3 is 6.09 Å². The maximum atomic E-state index is 13.6. The summed E-state index contributed by atoms with van der Waals surface area (Å²) >= 11 is 3.21. The van der Waals surface area contributed by atoms with Gasteiger partial charge in [-0.1, -0.05) is 44.2 Å². The molecule has 11 nitrogen and oxygen atoms in total. The van der Waals surface area contributed by atoms with Crippen LogP contribution in [-0.2, 0) is 39.9 Å². The number of ether oxygens (including phenoxy) is 5. The number of hydrogen-bond acceptors (Lipinski definition) is 10. The molecule has 3 rings (SSSR count). The molecule has 5 unspecified atom stereocenters. The summed E-state index contributed by atoms with van der Waals surface area (Å²) in [6, 6.07) is 8.96. The minimum Gasteiger partial charge on any atom is -0.441 e. The Bertz CT molecular complexity index is 1090. The molecule has 2 aliphatic heterocycles. The van der Waals surface area contributed by atoms with Gasteiger partial charge in [0.25, 0.3) is 5.91 Å². The smallest absolute Gasteiger partial charge is 0.417 e. The molecule has 0 aliphatic carbocycles. The van der Waals surface area contributed by atoms with Gasteiger partial charge in [-0.25, -0.2) is 9.69 Å². The Kier molecular flexibility index (Phi) is 11.6. The highest BCUT2D eigenvalue weighted by molar-refractivity contribution is 9.11. The molecule has 1 aromatic carbocycles.